The van der Waals surface area contributed by atoms with E-state index in [2.05, 4.69) is 65.8 Å². The summed E-state index contributed by atoms with van der Waals surface area (Å²) in [6.45, 7) is 13.7. The van der Waals surface area contributed by atoms with Crippen molar-refractivity contribution in [3.8, 4) is 11.5 Å². The van der Waals surface area contributed by atoms with E-state index in [1.165, 1.54) is 22.3 Å². The Morgan fingerprint density at radius 3 is 1.38 bits per heavy atom. The van der Waals surface area contributed by atoms with Crippen molar-refractivity contribution in [2.24, 2.45) is 0 Å². The van der Waals surface area contributed by atoms with Gasteiger partial charge in [-0.3, -0.25) is 0 Å². The number of phenols is 2. The Bertz CT molecular complexity index is 885. The van der Waals surface area contributed by atoms with E-state index in [0.29, 0.717) is 11.5 Å². The monoisotopic (exact) mass is 392 g/mol. The van der Waals surface area contributed by atoms with Crippen molar-refractivity contribution < 1.29 is 10.2 Å². The molecule has 0 saturated carbocycles. The molecule has 0 amide bonds. The molecule has 0 saturated heterocycles. The van der Waals surface area contributed by atoms with Crippen LogP contribution in [0.25, 0.3) is 0 Å². The average molecular weight is 393 g/mol. The van der Waals surface area contributed by atoms with Gasteiger partial charge in [0.05, 0.1) is 0 Å². The second-order valence-electron chi connectivity index (χ2n) is 10.8. The normalized spacial score (nSPS) is 20.1. The molecule has 2 N–H and O–H groups in total. The molecule has 0 heterocycles. The minimum absolute atomic E-state index is 0.0426. The number of fused-ring (bicyclic) bond motifs is 4. The van der Waals surface area contributed by atoms with Crippen LogP contribution in [0.5, 0.6) is 11.5 Å². The summed E-state index contributed by atoms with van der Waals surface area (Å²) in [5.74, 6) is 0.863. The first-order chi connectivity index (χ1) is 13.6. The first-order valence-corrected chi connectivity index (χ1v) is 11.3. The number of rotatable bonds is 4. The van der Waals surface area contributed by atoms with E-state index < -0.39 is 0 Å². The quantitative estimate of drug-likeness (QED) is 0.611. The van der Waals surface area contributed by atoms with Crippen molar-refractivity contribution in [2.45, 2.75) is 96.3 Å². The van der Waals surface area contributed by atoms with Crippen LogP contribution in [0.15, 0.2) is 24.3 Å². The minimum atomic E-state index is -0.137. The Hall–Kier alpha value is -1.96. The molecule has 1 spiro atoms. The summed E-state index contributed by atoms with van der Waals surface area (Å²) in [4.78, 5) is 0. The van der Waals surface area contributed by atoms with Crippen LogP contribution in [0.4, 0.5) is 0 Å². The zero-order valence-electron chi connectivity index (χ0n) is 18.9. The van der Waals surface area contributed by atoms with Gasteiger partial charge in [0.1, 0.15) is 11.5 Å². The Balaban J connectivity index is 1.97. The lowest BCUT2D eigenvalue weighted by Crippen LogP contribution is -2.26. The number of hydrogen-bond acceptors (Lipinski definition) is 2. The van der Waals surface area contributed by atoms with Gasteiger partial charge in [0.15, 0.2) is 0 Å². The fraction of sp³-hybridized carbons (Fsp3) is 0.556. The zero-order valence-corrected chi connectivity index (χ0v) is 18.9. The molecule has 156 valence electrons. The van der Waals surface area contributed by atoms with Crippen molar-refractivity contribution in [3.63, 3.8) is 0 Å². The van der Waals surface area contributed by atoms with E-state index in [1.54, 1.807) is 0 Å². The summed E-state index contributed by atoms with van der Waals surface area (Å²) in [5, 5.41) is 21.6. The highest BCUT2D eigenvalue weighted by Gasteiger charge is 2.56. The minimum Gasteiger partial charge on any atom is -0.508 e. The molecule has 2 nitrogen and oxygen atoms in total. The summed E-state index contributed by atoms with van der Waals surface area (Å²) < 4.78 is 0. The van der Waals surface area contributed by atoms with Gasteiger partial charge >= 0.3 is 0 Å². The molecule has 2 aromatic carbocycles. The lowest BCUT2D eigenvalue weighted by molar-refractivity contribution is 0.348. The predicted octanol–water partition coefficient (Wildman–Crippen LogP) is 6.65. The molecule has 2 aromatic rings. The van der Waals surface area contributed by atoms with Crippen LogP contribution in [0, 0.1) is 0 Å². The number of aryl methyl sites for hydroxylation is 2. The molecule has 0 fully saturated rings. The first-order valence-electron chi connectivity index (χ1n) is 11.3. The van der Waals surface area contributed by atoms with Crippen molar-refractivity contribution in [3.05, 3.63) is 57.6 Å². The van der Waals surface area contributed by atoms with Crippen LogP contribution < -0.4 is 0 Å². The average Bonchev–Trinajstić information content (AvgIpc) is 2.96. The van der Waals surface area contributed by atoms with Gasteiger partial charge in [-0.2, -0.15) is 0 Å². The highest BCUT2D eigenvalue weighted by molar-refractivity contribution is 5.63. The van der Waals surface area contributed by atoms with Crippen LogP contribution in [0.2, 0.25) is 0 Å². The standard InChI is InChI=1S/C27H36O2/c1-7-9-17-11-19-21(13-23(17)28)27(15-25(19,3)4)16-26(5,6)20-12-18(10-8-2)24(29)14-22(20)27/h11-14,28-29H,7-10,15-16H2,1-6H3. The highest BCUT2D eigenvalue weighted by Crippen LogP contribution is 2.63. The Labute approximate surface area is 176 Å². The van der Waals surface area contributed by atoms with Crippen molar-refractivity contribution in [1.82, 2.24) is 0 Å². The van der Waals surface area contributed by atoms with Crippen LogP contribution in [0.1, 0.15) is 101 Å². The lowest BCUT2D eigenvalue weighted by atomic mass is 9.72. The SMILES string of the molecule is CCCc1cc2c(cc1O)C1(CC2(C)C)CC(C)(C)c2cc(CCC)c(O)cc21. The molecule has 4 rings (SSSR count). The third-order valence-electron chi connectivity index (χ3n) is 7.45. The second kappa shape index (κ2) is 6.52. The smallest absolute Gasteiger partial charge is 0.119 e. The number of hydrogen-bond donors (Lipinski definition) is 2. The molecule has 0 radical (unpaired) electrons. The summed E-state index contributed by atoms with van der Waals surface area (Å²) in [5.41, 5.74) is 7.37. The van der Waals surface area contributed by atoms with Crippen LogP contribution in [-0.2, 0) is 29.1 Å². The van der Waals surface area contributed by atoms with Gasteiger partial charge in [-0.1, -0.05) is 66.5 Å². The highest BCUT2D eigenvalue weighted by atomic mass is 16.3. The predicted molar refractivity (Wildman–Crippen MR) is 120 cm³/mol. The molecule has 0 atom stereocenters. The van der Waals surface area contributed by atoms with Gasteiger partial charge in [-0.05, 0) is 82.0 Å². The van der Waals surface area contributed by atoms with Crippen molar-refractivity contribution in [1.29, 1.82) is 0 Å². The Morgan fingerprint density at radius 2 is 1.03 bits per heavy atom. The number of benzene rings is 2. The Kier molecular flexibility index (Phi) is 4.57. The van der Waals surface area contributed by atoms with E-state index in [4.69, 9.17) is 0 Å². The molecular weight excluding hydrogens is 356 g/mol. The van der Waals surface area contributed by atoms with E-state index in [1.807, 2.05) is 0 Å². The third-order valence-corrected chi connectivity index (χ3v) is 7.45. The van der Waals surface area contributed by atoms with Gasteiger partial charge < -0.3 is 10.2 Å². The number of phenolic OH excluding ortho intramolecular Hbond substituents is 2. The first kappa shape index (κ1) is 20.3. The fourth-order valence-corrected chi connectivity index (χ4v) is 6.40. The van der Waals surface area contributed by atoms with E-state index in [-0.39, 0.29) is 16.2 Å². The molecule has 2 aliphatic carbocycles. The molecule has 0 bridgehead atoms. The molecule has 29 heavy (non-hydrogen) atoms. The summed E-state index contributed by atoms with van der Waals surface area (Å²) >= 11 is 0. The summed E-state index contributed by atoms with van der Waals surface area (Å²) in [7, 11) is 0. The van der Waals surface area contributed by atoms with Crippen molar-refractivity contribution in [2.75, 3.05) is 0 Å². The van der Waals surface area contributed by atoms with Gasteiger partial charge in [0.25, 0.3) is 0 Å². The maximum Gasteiger partial charge on any atom is 0.119 e. The van der Waals surface area contributed by atoms with E-state index in [0.717, 1.165) is 49.7 Å². The maximum absolute atomic E-state index is 10.8. The maximum atomic E-state index is 10.8. The van der Waals surface area contributed by atoms with Crippen LogP contribution >= 0.6 is 0 Å². The molecule has 0 unspecified atom stereocenters. The topological polar surface area (TPSA) is 40.5 Å². The van der Waals surface area contributed by atoms with E-state index >= 15 is 0 Å². The van der Waals surface area contributed by atoms with Gasteiger partial charge in [-0.25, -0.2) is 0 Å². The summed E-state index contributed by atoms with van der Waals surface area (Å²) in [6.07, 6.45) is 5.92. The fourth-order valence-electron chi connectivity index (χ4n) is 6.40. The van der Waals surface area contributed by atoms with Crippen molar-refractivity contribution >= 4 is 0 Å². The Morgan fingerprint density at radius 1 is 0.655 bits per heavy atom. The third kappa shape index (κ3) is 2.90. The molecule has 2 heteroatoms. The van der Waals surface area contributed by atoms with Crippen LogP contribution in [0.3, 0.4) is 0 Å². The van der Waals surface area contributed by atoms with Gasteiger partial charge in [-0.15, -0.1) is 0 Å². The second-order valence-corrected chi connectivity index (χ2v) is 10.8. The molecule has 0 aliphatic heterocycles. The largest absolute Gasteiger partial charge is 0.508 e. The van der Waals surface area contributed by atoms with Crippen LogP contribution in [-0.4, -0.2) is 10.2 Å². The zero-order chi connectivity index (χ0) is 21.2. The lowest BCUT2D eigenvalue weighted by Gasteiger charge is -2.30. The molecule has 0 aromatic heterocycles. The van der Waals surface area contributed by atoms with Gasteiger partial charge in [0.2, 0.25) is 0 Å². The van der Waals surface area contributed by atoms with Gasteiger partial charge in [0, 0.05) is 5.41 Å². The molecular formula is C27H36O2. The summed E-state index contributed by atoms with van der Waals surface area (Å²) in [6, 6.07) is 8.63. The molecule has 2 aliphatic rings. The number of aromatic hydroxyl groups is 2. The van der Waals surface area contributed by atoms with E-state index in [9.17, 15) is 10.2 Å².